The maximum Gasteiger partial charge on any atom is 0.303 e. The zero-order valence-electron chi connectivity index (χ0n) is 20.1. The van der Waals surface area contributed by atoms with E-state index in [0.29, 0.717) is 23.7 Å². The Morgan fingerprint density at radius 2 is 1.70 bits per heavy atom. The van der Waals surface area contributed by atoms with Crippen LogP contribution in [0.25, 0.3) is 11.5 Å². The lowest BCUT2D eigenvalue weighted by atomic mass is 9.96. The Morgan fingerprint density at radius 3 is 2.30 bits per heavy atom. The van der Waals surface area contributed by atoms with E-state index in [1.165, 1.54) is 0 Å². The number of carboxylic acids is 1. The highest BCUT2D eigenvalue weighted by Crippen LogP contribution is 2.34. The minimum absolute atomic E-state index is 0.0703. The number of nitrogens with one attached hydrogen (secondary N) is 1. The highest BCUT2D eigenvalue weighted by molar-refractivity contribution is 5.75. The van der Waals surface area contributed by atoms with Gasteiger partial charge in [0.05, 0.1) is 17.8 Å². The van der Waals surface area contributed by atoms with Crippen molar-refractivity contribution in [2.45, 2.75) is 47.0 Å². The van der Waals surface area contributed by atoms with Crippen molar-refractivity contribution in [3.8, 4) is 11.5 Å². The Morgan fingerprint density at radius 1 is 1.03 bits per heavy atom. The Balaban J connectivity index is 1.98. The Hall–Kier alpha value is -3.35. The number of nitrogens with zero attached hydrogens (tertiary/aromatic N) is 3. The van der Waals surface area contributed by atoms with E-state index in [0.717, 1.165) is 35.6 Å². The summed E-state index contributed by atoms with van der Waals surface area (Å²) in [7, 11) is 0. The lowest BCUT2D eigenvalue weighted by molar-refractivity contribution is -0.137. The number of carboxylic acid groups (broad SMARTS) is 1. The van der Waals surface area contributed by atoms with Crippen LogP contribution in [0, 0.1) is 11.8 Å². The van der Waals surface area contributed by atoms with Crippen LogP contribution in [0.15, 0.2) is 53.1 Å². The van der Waals surface area contributed by atoms with E-state index in [-0.39, 0.29) is 12.3 Å². The SMILES string of the molecule is CC(C)CN(CC(C)C)c1ccc(C(C)CC(=O)O)cc1Nc1noc(-c2ccccc2)n1. The summed E-state index contributed by atoms with van der Waals surface area (Å²) in [5.74, 6) is 0.844. The molecule has 7 nitrogen and oxygen atoms in total. The van der Waals surface area contributed by atoms with E-state index in [1.807, 2.05) is 49.4 Å². The molecule has 1 heterocycles. The van der Waals surface area contributed by atoms with Gasteiger partial charge in [0.2, 0.25) is 0 Å². The highest BCUT2D eigenvalue weighted by atomic mass is 16.5. The fourth-order valence-electron chi connectivity index (χ4n) is 3.86. The number of anilines is 3. The first kappa shape index (κ1) is 24.3. The van der Waals surface area contributed by atoms with Crippen LogP contribution in [0.4, 0.5) is 17.3 Å². The van der Waals surface area contributed by atoms with Crippen LogP contribution in [0.1, 0.15) is 52.5 Å². The minimum atomic E-state index is -0.812. The molecule has 0 aliphatic carbocycles. The van der Waals surface area contributed by atoms with E-state index in [2.05, 4.69) is 54.1 Å². The molecule has 0 fully saturated rings. The Kier molecular flexibility index (Phi) is 8.09. The maximum atomic E-state index is 11.3. The average molecular weight is 451 g/mol. The van der Waals surface area contributed by atoms with E-state index >= 15 is 0 Å². The normalized spacial score (nSPS) is 12.2. The minimum Gasteiger partial charge on any atom is -0.481 e. The predicted molar refractivity (Wildman–Crippen MR) is 132 cm³/mol. The first-order valence-corrected chi connectivity index (χ1v) is 11.5. The topological polar surface area (TPSA) is 91.5 Å². The molecule has 0 spiro atoms. The number of benzene rings is 2. The standard InChI is InChI=1S/C26H34N4O3/c1-17(2)15-30(16-18(3)4)23-12-11-21(19(5)13-24(31)32)14-22(23)27-26-28-25(33-29-26)20-9-7-6-8-10-20/h6-12,14,17-19H,13,15-16H2,1-5H3,(H,27,29)(H,31,32). The fourth-order valence-corrected chi connectivity index (χ4v) is 3.86. The highest BCUT2D eigenvalue weighted by Gasteiger charge is 2.19. The summed E-state index contributed by atoms with van der Waals surface area (Å²) in [6.45, 7) is 12.5. The van der Waals surface area contributed by atoms with Crippen LogP contribution in [0.2, 0.25) is 0 Å². The molecule has 0 saturated heterocycles. The number of aliphatic carboxylic acids is 1. The van der Waals surface area contributed by atoms with Crippen molar-refractivity contribution in [2.75, 3.05) is 23.3 Å². The van der Waals surface area contributed by atoms with Crippen LogP contribution in [-0.4, -0.2) is 34.3 Å². The molecule has 0 saturated carbocycles. The molecule has 3 aromatic rings. The molecule has 7 heteroatoms. The molecule has 2 aromatic carbocycles. The van der Waals surface area contributed by atoms with Gasteiger partial charge in [0.15, 0.2) is 0 Å². The van der Waals surface area contributed by atoms with Crippen LogP contribution in [0.5, 0.6) is 0 Å². The van der Waals surface area contributed by atoms with Gasteiger partial charge in [-0.1, -0.05) is 58.9 Å². The van der Waals surface area contributed by atoms with E-state index in [1.54, 1.807) is 0 Å². The molecule has 1 aromatic heterocycles. The smallest absolute Gasteiger partial charge is 0.303 e. The van der Waals surface area contributed by atoms with Gasteiger partial charge in [-0.15, -0.1) is 0 Å². The molecule has 176 valence electrons. The second-order valence-electron chi connectivity index (χ2n) is 9.38. The molecular weight excluding hydrogens is 416 g/mol. The van der Waals surface area contributed by atoms with Crippen LogP contribution < -0.4 is 10.2 Å². The first-order chi connectivity index (χ1) is 15.7. The summed E-state index contributed by atoms with van der Waals surface area (Å²) in [5.41, 5.74) is 3.68. The molecule has 2 N–H and O–H groups in total. The molecule has 0 aliphatic rings. The summed E-state index contributed by atoms with van der Waals surface area (Å²) in [6, 6.07) is 15.7. The number of carbonyl (C=O) groups is 1. The van der Waals surface area contributed by atoms with Gasteiger partial charge in [-0.2, -0.15) is 4.98 Å². The van der Waals surface area contributed by atoms with Crippen molar-refractivity contribution in [3.05, 3.63) is 54.1 Å². The third-order valence-electron chi connectivity index (χ3n) is 5.28. The summed E-state index contributed by atoms with van der Waals surface area (Å²) >= 11 is 0. The molecule has 0 amide bonds. The van der Waals surface area contributed by atoms with Gasteiger partial charge in [0, 0.05) is 18.7 Å². The summed E-state index contributed by atoms with van der Waals surface area (Å²) in [5, 5.41) is 16.7. The second-order valence-corrected chi connectivity index (χ2v) is 9.38. The molecule has 3 rings (SSSR count). The molecule has 1 unspecified atom stereocenters. The summed E-state index contributed by atoms with van der Waals surface area (Å²) < 4.78 is 5.47. The maximum absolute atomic E-state index is 11.3. The van der Waals surface area contributed by atoms with Gasteiger partial charge >= 0.3 is 5.97 Å². The van der Waals surface area contributed by atoms with Crippen molar-refractivity contribution in [1.29, 1.82) is 0 Å². The van der Waals surface area contributed by atoms with Gasteiger partial charge in [-0.3, -0.25) is 4.79 Å². The van der Waals surface area contributed by atoms with E-state index < -0.39 is 5.97 Å². The number of hydrogen-bond donors (Lipinski definition) is 2. The number of aromatic nitrogens is 2. The van der Waals surface area contributed by atoms with Gasteiger partial charge in [-0.25, -0.2) is 0 Å². The molecule has 1 atom stereocenters. The van der Waals surface area contributed by atoms with Gasteiger partial charge in [0.25, 0.3) is 11.8 Å². The molecule has 0 radical (unpaired) electrons. The lowest BCUT2D eigenvalue weighted by Gasteiger charge is -2.31. The van der Waals surface area contributed by atoms with Gasteiger partial charge in [0.1, 0.15) is 0 Å². The molecule has 33 heavy (non-hydrogen) atoms. The van der Waals surface area contributed by atoms with Crippen LogP contribution in [-0.2, 0) is 4.79 Å². The Labute approximate surface area is 195 Å². The van der Waals surface area contributed by atoms with Crippen molar-refractivity contribution < 1.29 is 14.4 Å². The zero-order chi connectivity index (χ0) is 24.0. The molecular formula is C26H34N4O3. The van der Waals surface area contributed by atoms with Gasteiger partial charge < -0.3 is 19.8 Å². The zero-order valence-corrected chi connectivity index (χ0v) is 20.1. The summed E-state index contributed by atoms with van der Waals surface area (Å²) in [6.07, 6.45) is 0.0703. The largest absolute Gasteiger partial charge is 0.481 e. The van der Waals surface area contributed by atoms with Crippen LogP contribution in [0.3, 0.4) is 0 Å². The predicted octanol–water partition coefficient (Wildman–Crippen LogP) is 6.18. The Bertz CT molecular complexity index is 1040. The van der Waals surface area contributed by atoms with E-state index in [9.17, 15) is 9.90 Å². The fraction of sp³-hybridized carbons (Fsp3) is 0.423. The number of hydrogen-bond acceptors (Lipinski definition) is 6. The van der Waals surface area contributed by atoms with Crippen LogP contribution >= 0.6 is 0 Å². The van der Waals surface area contributed by atoms with Crippen molar-refractivity contribution >= 4 is 23.3 Å². The first-order valence-electron chi connectivity index (χ1n) is 11.5. The monoisotopic (exact) mass is 450 g/mol. The second kappa shape index (κ2) is 11.0. The molecule has 0 bridgehead atoms. The van der Waals surface area contributed by atoms with Gasteiger partial charge in [-0.05, 0) is 52.7 Å². The average Bonchev–Trinajstić information content (AvgIpc) is 3.21. The van der Waals surface area contributed by atoms with Crippen molar-refractivity contribution in [2.24, 2.45) is 11.8 Å². The third kappa shape index (κ3) is 6.81. The number of rotatable bonds is 11. The van der Waals surface area contributed by atoms with E-state index in [4.69, 9.17) is 4.52 Å². The molecule has 0 aliphatic heterocycles. The van der Waals surface area contributed by atoms with Crippen molar-refractivity contribution in [3.63, 3.8) is 0 Å². The summed E-state index contributed by atoms with van der Waals surface area (Å²) in [4.78, 5) is 18.1. The van der Waals surface area contributed by atoms with Crippen molar-refractivity contribution in [1.82, 2.24) is 10.1 Å². The quantitative estimate of drug-likeness (QED) is 0.360. The lowest BCUT2D eigenvalue weighted by Crippen LogP contribution is -2.31. The third-order valence-corrected chi connectivity index (χ3v) is 5.28.